The lowest BCUT2D eigenvalue weighted by Crippen LogP contribution is -2.65. The number of hydrogen-bond acceptors (Lipinski definition) is 5. The van der Waals surface area contributed by atoms with Crippen LogP contribution < -0.4 is 0 Å². The fourth-order valence-corrected chi connectivity index (χ4v) is 5.98. The standard InChI is InChI=1S/C16H28N2O2S/c19-15(14-12-17-4-6-18(14)7-5-17)13-1-8-20-16(11-13)2-9-21-10-3-16/h13-15,19H,1-12H2. The summed E-state index contributed by atoms with van der Waals surface area (Å²) < 4.78 is 6.19. The minimum Gasteiger partial charge on any atom is -0.391 e. The highest BCUT2D eigenvalue weighted by atomic mass is 32.2. The summed E-state index contributed by atoms with van der Waals surface area (Å²) in [6.45, 7) is 6.60. The SMILES string of the molecule is OC(C1CCOC2(CCSCC2)C1)C1CN2CCN1CC2. The molecule has 2 bridgehead atoms. The second-order valence-corrected chi connectivity index (χ2v) is 8.52. The number of nitrogens with zero attached hydrogens (tertiary/aromatic N) is 2. The molecule has 5 rings (SSSR count). The van der Waals surface area contributed by atoms with Crippen molar-refractivity contribution in [1.82, 2.24) is 9.80 Å². The van der Waals surface area contributed by atoms with Crippen molar-refractivity contribution in [3.05, 3.63) is 0 Å². The predicted molar refractivity (Wildman–Crippen MR) is 85.8 cm³/mol. The molecule has 0 saturated carbocycles. The molecule has 0 amide bonds. The molecule has 120 valence electrons. The van der Waals surface area contributed by atoms with E-state index in [4.69, 9.17) is 4.74 Å². The van der Waals surface area contributed by atoms with Crippen molar-refractivity contribution >= 4 is 11.8 Å². The van der Waals surface area contributed by atoms with Gasteiger partial charge in [-0.15, -0.1) is 0 Å². The zero-order valence-electron chi connectivity index (χ0n) is 12.9. The van der Waals surface area contributed by atoms with Gasteiger partial charge in [0.1, 0.15) is 0 Å². The zero-order valence-corrected chi connectivity index (χ0v) is 13.7. The second-order valence-electron chi connectivity index (χ2n) is 7.29. The quantitative estimate of drug-likeness (QED) is 0.824. The van der Waals surface area contributed by atoms with E-state index in [1.54, 1.807) is 0 Å². The van der Waals surface area contributed by atoms with Crippen LogP contribution in [-0.4, -0.2) is 83.5 Å². The highest BCUT2D eigenvalue weighted by molar-refractivity contribution is 7.99. The summed E-state index contributed by atoms with van der Waals surface area (Å²) in [4.78, 5) is 5.06. The Morgan fingerprint density at radius 1 is 1.14 bits per heavy atom. The molecule has 21 heavy (non-hydrogen) atoms. The molecule has 0 radical (unpaired) electrons. The summed E-state index contributed by atoms with van der Waals surface area (Å²) in [5.41, 5.74) is 0.0957. The molecule has 1 N–H and O–H groups in total. The lowest BCUT2D eigenvalue weighted by molar-refractivity contribution is -0.139. The van der Waals surface area contributed by atoms with Crippen LogP contribution in [0.3, 0.4) is 0 Å². The van der Waals surface area contributed by atoms with Gasteiger partial charge in [0.25, 0.3) is 0 Å². The summed E-state index contributed by atoms with van der Waals surface area (Å²) in [6, 6.07) is 0.366. The largest absolute Gasteiger partial charge is 0.391 e. The van der Waals surface area contributed by atoms with E-state index in [0.717, 1.165) is 39.1 Å². The lowest BCUT2D eigenvalue weighted by atomic mass is 9.77. The average molecular weight is 312 g/mol. The first-order chi connectivity index (χ1) is 10.3. The van der Waals surface area contributed by atoms with Crippen LogP contribution >= 0.6 is 11.8 Å². The van der Waals surface area contributed by atoms with Gasteiger partial charge in [-0.2, -0.15) is 11.8 Å². The molecule has 0 aromatic heterocycles. The highest BCUT2D eigenvalue weighted by Crippen LogP contribution is 2.41. The summed E-state index contributed by atoms with van der Waals surface area (Å²) in [6.07, 6.45) is 4.32. The van der Waals surface area contributed by atoms with E-state index in [-0.39, 0.29) is 11.7 Å². The Morgan fingerprint density at radius 3 is 2.57 bits per heavy atom. The Kier molecular flexibility index (Phi) is 4.22. The maximum absolute atomic E-state index is 11.0. The molecule has 1 spiro atoms. The molecule has 0 aromatic rings. The van der Waals surface area contributed by atoms with Crippen molar-refractivity contribution in [2.75, 3.05) is 50.8 Å². The van der Waals surface area contributed by atoms with Crippen LogP contribution in [-0.2, 0) is 4.74 Å². The van der Waals surface area contributed by atoms with E-state index >= 15 is 0 Å². The topological polar surface area (TPSA) is 35.9 Å². The van der Waals surface area contributed by atoms with Crippen LogP contribution in [0, 0.1) is 5.92 Å². The maximum atomic E-state index is 11.0. The van der Waals surface area contributed by atoms with E-state index in [0.29, 0.717) is 12.0 Å². The van der Waals surface area contributed by atoms with Gasteiger partial charge < -0.3 is 9.84 Å². The van der Waals surface area contributed by atoms with Gasteiger partial charge in [0.15, 0.2) is 0 Å². The molecule has 5 heteroatoms. The number of aliphatic hydroxyl groups excluding tert-OH is 1. The summed E-state index contributed by atoms with van der Waals surface area (Å²) in [7, 11) is 0. The van der Waals surface area contributed by atoms with Gasteiger partial charge in [0, 0.05) is 45.4 Å². The van der Waals surface area contributed by atoms with Gasteiger partial charge in [0.05, 0.1) is 11.7 Å². The van der Waals surface area contributed by atoms with Gasteiger partial charge in [0.2, 0.25) is 0 Å². The van der Waals surface area contributed by atoms with Crippen LogP contribution in [0.4, 0.5) is 0 Å². The smallest absolute Gasteiger partial charge is 0.0737 e. The summed E-state index contributed by atoms with van der Waals surface area (Å²) >= 11 is 2.05. The molecule has 5 fully saturated rings. The minimum atomic E-state index is -0.163. The first-order valence-corrected chi connectivity index (χ1v) is 9.77. The molecule has 5 aliphatic rings. The number of hydrogen-bond donors (Lipinski definition) is 1. The fraction of sp³-hybridized carbons (Fsp3) is 1.00. The molecule has 0 aromatic carbocycles. The zero-order chi connectivity index (χ0) is 14.3. The first kappa shape index (κ1) is 14.8. The Morgan fingerprint density at radius 2 is 1.90 bits per heavy atom. The number of piperazine rings is 3. The van der Waals surface area contributed by atoms with Crippen LogP contribution in [0.5, 0.6) is 0 Å². The van der Waals surface area contributed by atoms with Crippen molar-refractivity contribution in [1.29, 1.82) is 0 Å². The van der Waals surface area contributed by atoms with Crippen LogP contribution in [0.2, 0.25) is 0 Å². The van der Waals surface area contributed by atoms with E-state index in [1.165, 1.54) is 37.4 Å². The molecule has 4 nitrogen and oxygen atoms in total. The molecule has 5 saturated heterocycles. The van der Waals surface area contributed by atoms with Gasteiger partial charge in [-0.3, -0.25) is 9.80 Å². The fourth-order valence-electron chi connectivity index (χ4n) is 4.74. The Hall–Kier alpha value is 0.190. The van der Waals surface area contributed by atoms with Crippen molar-refractivity contribution in [2.45, 2.75) is 43.4 Å². The third kappa shape index (κ3) is 2.88. The first-order valence-electron chi connectivity index (χ1n) is 8.62. The van der Waals surface area contributed by atoms with Gasteiger partial charge in [-0.1, -0.05) is 0 Å². The predicted octanol–water partition coefficient (Wildman–Crippen LogP) is 1.04. The van der Waals surface area contributed by atoms with Crippen LogP contribution in [0.25, 0.3) is 0 Å². The molecule has 5 aliphatic heterocycles. The minimum absolute atomic E-state index is 0.0957. The monoisotopic (exact) mass is 312 g/mol. The number of fused-ring (bicyclic) bond motifs is 3. The number of ether oxygens (including phenoxy) is 1. The van der Waals surface area contributed by atoms with Crippen molar-refractivity contribution in [3.8, 4) is 0 Å². The molecule has 5 heterocycles. The Labute approximate surface area is 132 Å². The maximum Gasteiger partial charge on any atom is 0.0737 e. The summed E-state index contributed by atoms with van der Waals surface area (Å²) in [5, 5.41) is 11.0. The molecular formula is C16H28N2O2S. The normalized spacial score (nSPS) is 43.9. The van der Waals surface area contributed by atoms with E-state index in [1.807, 2.05) is 0 Å². The third-order valence-corrected chi connectivity index (χ3v) is 7.12. The van der Waals surface area contributed by atoms with E-state index in [2.05, 4.69) is 21.6 Å². The van der Waals surface area contributed by atoms with E-state index < -0.39 is 0 Å². The van der Waals surface area contributed by atoms with Gasteiger partial charge in [-0.25, -0.2) is 0 Å². The van der Waals surface area contributed by atoms with Crippen LogP contribution in [0.1, 0.15) is 25.7 Å². The van der Waals surface area contributed by atoms with Crippen molar-refractivity contribution in [3.63, 3.8) is 0 Å². The third-order valence-electron chi connectivity index (χ3n) is 6.13. The molecule has 3 atom stereocenters. The second kappa shape index (κ2) is 6.00. The summed E-state index contributed by atoms with van der Waals surface area (Å²) in [5.74, 6) is 2.89. The Bertz CT molecular complexity index is 362. The van der Waals surface area contributed by atoms with Crippen molar-refractivity contribution < 1.29 is 9.84 Å². The number of aliphatic hydroxyl groups is 1. The van der Waals surface area contributed by atoms with Crippen LogP contribution in [0.15, 0.2) is 0 Å². The average Bonchev–Trinajstić information content (AvgIpc) is 2.56. The number of thioether (sulfide) groups is 1. The molecule has 0 aliphatic carbocycles. The number of rotatable bonds is 2. The van der Waals surface area contributed by atoms with Crippen molar-refractivity contribution in [2.24, 2.45) is 5.92 Å². The lowest BCUT2D eigenvalue weighted by Gasteiger charge is -2.52. The molecular weight excluding hydrogens is 284 g/mol. The van der Waals surface area contributed by atoms with Gasteiger partial charge >= 0.3 is 0 Å². The molecule has 3 unspecified atom stereocenters. The highest BCUT2D eigenvalue weighted by Gasteiger charge is 2.45. The van der Waals surface area contributed by atoms with E-state index in [9.17, 15) is 5.11 Å². The van der Waals surface area contributed by atoms with Gasteiger partial charge in [-0.05, 0) is 43.1 Å². The Balaban J connectivity index is 1.43.